The van der Waals surface area contributed by atoms with Crippen LogP contribution in [0, 0.1) is 6.92 Å². The molecule has 14 heteroatoms. The van der Waals surface area contributed by atoms with E-state index in [-0.39, 0.29) is 40.0 Å². The number of carbonyl (C=O) groups is 3. The van der Waals surface area contributed by atoms with Crippen LogP contribution in [0.2, 0.25) is 0 Å². The molecule has 2 heterocycles. The van der Waals surface area contributed by atoms with Crippen LogP contribution in [0.1, 0.15) is 35.0 Å². The highest BCUT2D eigenvalue weighted by Crippen LogP contribution is 2.28. The Bertz CT molecular complexity index is 1920. The number of thiocarbonyl (C=S) groups is 1. The molecule has 1 aliphatic rings. The summed E-state index contributed by atoms with van der Waals surface area (Å²) in [5.41, 5.74) is 2.28. The third kappa shape index (κ3) is 6.35. The molecule has 4 aromatic rings. The largest absolute Gasteiger partial charge is 0.486 e. The van der Waals surface area contributed by atoms with Crippen molar-refractivity contribution in [2.24, 2.45) is 11.4 Å². The van der Waals surface area contributed by atoms with Crippen molar-refractivity contribution in [3.63, 3.8) is 0 Å². The van der Waals surface area contributed by atoms with Gasteiger partial charge in [0.25, 0.3) is 27.2 Å². The second-order valence-corrected chi connectivity index (χ2v) is 12.1. The first-order chi connectivity index (χ1) is 20.9. The number of ketones is 1. The minimum absolute atomic E-state index is 0.0267. The number of hydrogen-bond donors (Lipinski definition) is 1. The van der Waals surface area contributed by atoms with Crippen molar-refractivity contribution in [3.8, 4) is 0 Å². The van der Waals surface area contributed by atoms with Crippen LogP contribution in [0.5, 0.6) is 0 Å². The molecule has 226 valence electrons. The van der Waals surface area contributed by atoms with Gasteiger partial charge in [-0.3, -0.25) is 24.6 Å². The maximum atomic E-state index is 13.8. The number of anilines is 2. The van der Waals surface area contributed by atoms with Crippen molar-refractivity contribution in [1.82, 2.24) is 10.2 Å². The maximum Gasteiger partial charge on any atom is 0.289 e. The van der Waals surface area contributed by atoms with E-state index in [9.17, 15) is 22.8 Å². The summed E-state index contributed by atoms with van der Waals surface area (Å²) < 4.78 is 36.6. The highest BCUT2D eigenvalue weighted by atomic mass is 32.2. The predicted molar refractivity (Wildman–Crippen MR) is 163 cm³/mol. The molecule has 44 heavy (non-hydrogen) atoms. The summed E-state index contributed by atoms with van der Waals surface area (Å²) in [4.78, 5) is 41.4. The van der Waals surface area contributed by atoms with E-state index >= 15 is 0 Å². The third-order valence-electron chi connectivity index (χ3n) is 7.02. The first-order valence-electron chi connectivity index (χ1n) is 13.4. The number of Topliss-reactive ketones (excluding diaryl/α,β-unsaturated/α-hetero) is 1. The summed E-state index contributed by atoms with van der Waals surface area (Å²) in [6.45, 7) is 3.14. The van der Waals surface area contributed by atoms with Gasteiger partial charge < -0.3 is 14.7 Å². The van der Waals surface area contributed by atoms with E-state index in [1.807, 2.05) is 6.92 Å². The van der Waals surface area contributed by atoms with Gasteiger partial charge >= 0.3 is 0 Å². The van der Waals surface area contributed by atoms with Crippen molar-refractivity contribution in [2.75, 3.05) is 10.2 Å². The topological polar surface area (TPSA) is 147 Å². The second kappa shape index (κ2) is 12.3. The molecular formula is C30H28N6O6S2. The zero-order valence-electron chi connectivity index (χ0n) is 24.0. The van der Waals surface area contributed by atoms with E-state index in [4.69, 9.17) is 16.7 Å². The zero-order chi connectivity index (χ0) is 31.6. The third-order valence-corrected chi connectivity index (χ3v) is 8.71. The number of sulfonamides is 1. The van der Waals surface area contributed by atoms with Crippen LogP contribution < -0.4 is 25.7 Å². The summed E-state index contributed by atoms with van der Waals surface area (Å²) in [5.74, 6) is -1.01. The van der Waals surface area contributed by atoms with E-state index in [1.54, 1.807) is 73.8 Å². The predicted octanol–water partition coefficient (Wildman–Crippen LogP) is 2.39. The normalized spacial score (nSPS) is 15.6. The lowest BCUT2D eigenvalue weighted by Crippen LogP contribution is -2.45. The average molecular weight is 633 g/mol. The van der Waals surface area contributed by atoms with Gasteiger partial charge in [0.1, 0.15) is 19.6 Å². The molecule has 1 N–H and O–H groups in total. The fraction of sp³-hybridized carbons (Fsp3) is 0.200. The Balaban J connectivity index is 1.47. The van der Waals surface area contributed by atoms with Gasteiger partial charge in [0.15, 0.2) is 10.9 Å². The molecular weight excluding hydrogens is 605 g/mol. The van der Waals surface area contributed by atoms with Crippen molar-refractivity contribution in [1.29, 1.82) is 0 Å². The first-order valence-corrected chi connectivity index (χ1v) is 15.3. The fourth-order valence-corrected chi connectivity index (χ4v) is 5.95. The van der Waals surface area contributed by atoms with Gasteiger partial charge in [-0.1, -0.05) is 35.9 Å². The molecule has 3 aromatic carbocycles. The van der Waals surface area contributed by atoms with Gasteiger partial charge in [-0.2, -0.15) is 8.42 Å². The molecule has 2 amide bonds. The number of rotatable bonds is 9. The number of nitrogens with zero attached hydrogens (tertiary/aromatic N) is 5. The summed E-state index contributed by atoms with van der Waals surface area (Å²) in [6, 6.07) is 20.3. The van der Waals surface area contributed by atoms with E-state index in [0.717, 1.165) is 5.56 Å². The summed E-state index contributed by atoms with van der Waals surface area (Å²) >= 11 is 5.74. The molecule has 0 radical (unpaired) electrons. The molecule has 1 atom stereocenters. The zero-order valence-corrected chi connectivity index (χ0v) is 25.6. The van der Waals surface area contributed by atoms with E-state index in [1.165, 1.54) is 33.5 Å². The van der Waals surface area contributed by atoms with E-state index in [0.29, 0.717) is 16.9 Å². The molecule has 0 bridgehead atoms. The number of amides is 2. The lowest BCUT2D eigenvalue weighted by Gasteiger charge is -2.22. The highest BCUT2D eigenvalue weighted by Gasteiger charge is 2.45. The molecule has 0 spiro atoms. The lowest BCUT2D eigenvalue weighted by atomic mass is 10.1. The molecule has 5 rings (SSSR count). The molecule has 1 fully saturated rings. The Morgan fingerprint density at radius 2 is 1.70 bits per heavy atom. The number of nitrogens with one attached hydrogen (secondary N) is 1. The van der Waals surface area contributed by atoms with Gasteiger partial charge in [-0.15, -0.1) is 4.40 Å². The molecule has 0 aliphatic carbocycles. The van der Waals surface area contributed by atoms with Crippen LogP contribution in [-0.4, -0.2) is 42.1 Å². The van der Waals surface area contributed by atoms with E-state index in [2.05, 4.69) is 15.0 Å². The number of aryl methyl sites for hydroxylation is 2. The monoisotopic (exact) mass is 632 g/mol. The Kier molecular flexibility index (Phi) is 8.56. The van der Waals surface area contributed by atoms with Gasteiger partial charge in [0.2, 0.25) is 5.91 Å². The van der Waals surface area contributed by atoms with Crippen molar-refractivity contribution in [2.45, 2.75) is 37.8 Å². The Labute approximate surface area is 258 Å². The van der Waals surface area contributed by atoms with Crippen LogP contribution >= 0.6 is 12.2 Å². The highest BCUT2D eigenvalue weighted by molar-refractivity contribution is 7.90. The number of hydrogen-bond acceptors (Lipinski definition) is 7. The number of para-hydroxylation sites is 1. The molecule has 0 saturated carbocycles. The number of benzene rings is 3. The molecule has 1 saturated heterocycles. The van der Waals surface area contributed by atoms with Crippen LogP contribution in [0.3, 0.4) is 0 Å². The Morgan fingerprint density at radius 3 is 2.34 bits per heavy atom. The molecule has 1 aromatic heterocycles. The maximum absolute atomic E-state index is 13.8. The number of aromatic nitrogens is 2. The van der Waals surface area contributed by atoms with Gasteiger partial charge in [-0.05, 0) is 74.6 Å². The van der Waals surface area contributed by atoms with Gasteiger partial charge in [0, 0.05) is 11.3 Å². The second-order valence-electron chi connectivity index (χ2n) is 10.1. The average Bonchev–Trinajstić information content (AvgIpc) is 3.44. The molecule has 1 aliphatic heterocycles. The standard InChI is InChI=1S/C30H28N6O6S2/c1-19-9-15-24(16-10-19)44(40,41)32-28-26(34(3)33-42-28)18-35-25(29(39)36(30(35)43)23-7-5-4-6-8-23)17-27(38)31-22-13-11-21(12-14-22)20(2)37/h4-16,25H,17-18H2,1-3H3,(H,31,38)/b32-28-. The van der Waals surface area contributed by atoms with Crippen molar-refractivity contribution in [3.05, 3.63) is 101 Å². The number of carbonyl (C=O) groups excluding carboxylic acids is 3. The Morgan fingerprint density at radius 1 is 1.05 bits per heavy atom. The molecule has 12 nitrogen and oxygen atoms in total. The lowest BCUT2D eigenvalue weighted by molar-refractivity contribution is -0.752. The minimum Gasteiger partial charge on any atom is -0.486 e. The minimum atomic E-state index is -4.16. The summed E-state index contributed by atoms with van der Waals surface area (Å²) in [5, 5.41) is 6.71. The van der Waals surface area contributed by atoms with Gasteiger partial charge in [0.05, 0.1) is 17.0 Å². The van der Waals surface area contributed by atoms with Crippen LogP contribution in [0.25, 0.3) is 0 Å². The van der Waals surface area contributed by atoms with Gasteiger partial charge in [-0.25, -0.2) is 4.68 Å². The SMILES string of the molecule is CC(=O)c1ccc(NC(=O)CC2C(=O)N(c3ccccc3)C(=S)N2Cc2/c(=N/S(=O)(=O)c3ccc(C)cc3)o[n-][n+]2C)cc1. The summed E-state index contributed by atoms with van der Waals surface area (Å²) in [7, 11) is -2.62. The Hall–Kier alpha value is -4.95. The smallest absolute Gasteiger partial charge is 0.289 e. The van der Waals surface area contributed by atoms with Crippen LogP contribution in [0.15, 0.2) is 92.7 Å². The van der Waals surface area contributed by atoms with Crippen molar-refractivity contribution < 1.29 is 32.0 Å². The molecule has 1 unspecified atom stereocenters. The fourth-order valence-electron chi connectivity index (χ4n) is 4.62. The van der Waals surface area contributed by atoms with Crippen LogP contribution in [0.4, 0.5) is 11.4 Å². The van der Waals surface area contributed by atoms with Crippen molar-refractivity contribution >= 4 is 56.3 Å². The quantitative estimate of drug-likeness (QED) is 0.167. The van der Waals surface area contributed by atoms with E-state index < -0.39 is 27.9 Å². The van der Waals surface area contributed by atoms with Crippen LogP contribution in [-0.2, 0) is 33.2 Å². The summed E-state index contributed by atoms with van der Waals surface area (Å²) in [6.07, 6.45) is -0.278. The first kappa shape index (κ1) is 30.5.